The Hall–Kier alpha value is -2.83. The molecule has 2 aromatic rings. The number of fused-ring (bicyclic) bond motifs is 1. The maximum absolute atomic E-state index is 12.8. The first kappa shape index (κ1) is 17.0. The molecule has 1 aliphatic heterocycles. The fourth-order valence-corrected chi connectivity index (χ4v) is 3.09. The van der Waals surface area contributed by atoms with Gasteiger partial charge in [0, 0.05) is 49.5 Å². The summed E-state index contributed by atoms with van der Waals surface area (Å²) in [4.78, 5) is 30.2. The highest BCUT2D eigenvalue weighted by atomic mass is 16.5. The molecule has 0 aliphatic carbocycles. The number of rotatable bonds is 5. The Balaban J connectivity index is 1.83. The van der Waals surface area contributed by atoms with Crippen molar-refractivity contribution in [1.82, 2.24) is 9.55 Å². The van der Waals surface area contributed by atoms with Gasteiger partial charge in [0.25, 0.3) is 5.56 Å². The Morgan fingerprint density at radius 3 is 2.84 bits per heavy atom. The van der Waals surface area contributed by atoms with Gasteiger partial charge in [0.05, 0.1) is 26.2 Å². The summed E-state index contributed by atoms with van der Waals surface area (Å²) in [5, 5.41) is 0. The lowest BCUT2D eigenvalue weighted by molar-refractivity contribution is -0.118. The molecule has 0 N–H and O–H groups in total. The third-order valence-electron chi connectivity index (χ3n) is 4.37. The highest BCUT2D eigenvalue weighted by Gasteiger charge is 2.26. The molecule has 0 unspecified atom stereocenters. The van der Waals surface area contributed by atoms with Crippen molar-refractivity contribution < 1.29 is 14.3 Å². The van der Waals surface area contributed by atoms with Crippen LogP contribution in [-0.4, -0.2) is 36.2 Å². The van der Waals surface area contributed by atoms with E-state index in [0.29, 0.717) is 18.8 Å². The molecule has 3 rings (SSSR count). The molecular formula is C18H21N3O4. The maximum atomic E-state index is 12.8. The molecule has 0 radical (unpaired) electrons. The summed E-state index contributed by atoms with van der Waals surface area (Å²) in [7, 11) is 3.20. The van der Waals surface area contributed by atoms with E-state index in [4.69, 9.17) is 9.47 Å². The van der Waals surface area contributed by atoms with Gasteiger partial charge in [-0.2, -0.15) is 0 Å². The van der Waals surface area contributed by atoms with Crippen molar-refractivity contribution in [3.05, 3.63) is 46.6 Å². The molecule has 0 fully saturated rings. The van der Waals surface area contributed by atoms with E-state index in [2.05, 4.69) is 4.98 Å². The number of ether oxygens (including phenoxy) is 2. The van der Waals surface area contributed by atoms with Gasteiger partial charge in [0.2, 0.25) is 5.91 Å². The van der Waals surface area contributed by atoms with Crippen LogP contribution >= 0.6 is 0 Å². The lowest BCUT2D eigenvalue weighted by Gasteiger charge is -2.31. The first-order chi connectivity index (χ1) is 12.1. The molecule has 1 aliphatic rings. The number of nitrogens with zero attached hydrogens (tertiary/aromatic N) is 3. The van der Waals surface area contributed by atoms with Crippen LogP contribution in [0.5, 0.6) is 11.5 Å². The van der Waals surface area contributed by atoms with Crippen molar-refractivity contribution in [2.24, 2.45) is 0 Å². The minimum absolute atomic E-state index is 0.0352. The summed E-state index contributed by atoms with van der Waals surface area (Å²) in [6, 6.07) is 5.09. The largest absolute Gasteiger partial charge is 0.497 e. The van der Waals surface area contributed by atoms with Gasteiger partial charge in [-0.15, -0.1) is 0 Å². The number of methoxy groups -OCH3 is 2. The molecule has 0 saturated heterocycles. The molecule has 7 heteroatoms. The van der Waals surface area contributed by atoms with Crippen LogP contribution in [0.15, 0.2) is 35.5 Å². The van der Waals surface area contributed by atoms with E-state index in [1.807, 2.05) is 12.1 Å². The Morgan fingerprint density at radius 1 is 1.28 bits per heavy atom. The molecule has 1 aromatic carbocycles. The molecule has 0 spiro atoms. The number of amides is 1. The molecule has 7 nitrogen and oxygen atoms in total. The van der Waals surface area contributed by atoms with E-state index in [9.17, 15) is 9.59 Å². The molecule has 25 heavy (non-hydrogen) atoms. The zero-order chi connectivity index (χ0) is 17.8. The van der Waals surface area contributed by atoms with Crippen LogP contribution in [-0.2, 0) is 17.8 Å². The Morgan fingerprint density at radius 2 is 2.12 bits per heavy atom. The number of aromatic nitrogens is 2. The SMILES string of the molecule is COc1cc(OC)c2c(c1)N(C(=O)CCn1cnccc1=O)CCC2. The zero-order valence-electron chi connectivity index (χ0n) is 14.4. The van der Waals surface area contributed by atoms with E-state index in [1.54, 1.807) is 19.1 Å². The zero-order valence-corrected chi connectivity index (χ0v) is 14.4. The van der Waals surface area contributed by atoms with Gasteiger partial charge in [-0.1, -0.05) is 0 Å². The highest BCUT2D eigenvalue weighted by molar-refractivity contribution is 5.95. The molecule has 1 aromatic heterocycles. The number of hydrogen-bond acceptors (Lipinski definition) is 5. The predicted octanol–water partition coefficient (Wildman–Crippen LogP) is 1.63. The van der Waals surface area contributed by atoms with E-state index < -0.39 is 0 Å². The van der Waals surface area contributed by atoms with Crippen LogP contribution in [0, 0.1) is 0 Å². The van der Waals surface area contributed by atoms with Crippen LogP contribution in [0.3, 0.4) is 0 Å². The smallest absolute Gasteiger partial charge is 0.253 e. The van der Waals surface area contributed by atoms with E-state index in [-0.39, 0.29) is 17.9 Å². The normalized spacial score (nSPS) is 13.3. The Kier molecular flexibility index (Phi) is 5.02. The Bertz CT molecular complexity index is 831. The summed E-state index contributed by atoms with van der Waals surface area (Å²) in [6.07, 6.45) is 4.85. The van der Waals surface area contributed by atoms with Gasteiger partial charge < -0.3 is 14.4 Å². The summed E-state index contributed by atoms with van der Waals surface area (Å²) in [5.41, 5.74) is 1.68. The monoisotopic (exact) mass is 343 g/mol. The van der Waals surface area contributed by atoms with Crippen LogP contribution in [0.1, 0.15) is 18.4 Å². The standard InChI is InChI=1S/C18H21N3O4/c1-24-13-10-15-14(16(11-13)25-2)4-3-8-21(15)18(23)6-9-20-12-19-7-5-17(20)22/h5,7,10-12H,3-4,6,8-9H2,1-2H3. The third-order valence-corrected chi connectivity index (χ3v) is 4.37. The van der Waals surface area contributed by atoms with Crippen molar-refractivity contribution in [2.75, 3.05) is 25.7 Å². The minimum Gasteiger partial charge on any atom is -0.497 e. The topological polar surface area (TPSA) is 73.7 Å². The van der Waals surface area contributed by atoms with E-state index >= 15 is 0 Å². The van der Waals surface area contributed by atoms with E-state index in [0.717, 1.165) is 29.8 Å². The molecule has 0 atom stereocenters. The molecular weight excluding hydrogens is 322 g/mol. The minimum atomic E-state index is -0.162. The van der Waals surface area contributed by atoms with Crippen molar-refractivity contribution in [1.29, 1.82) is 0 Å². The van der Waals surface area contributed by atoms with Gasteiger partial charge >= 0.3 is 0 Å². The van der Waals surface area contributed by atoms with Gasteiger partial charge in [-0.25, -0.2) is 4.98 Å². The number of carbonyl (C=O) groups is 1. The average molecular weight is 343 g/mol. The van der Waals surface area contributed by atoms with Gasteiger partial charge in [0.1, 0.15) is 11.5 Å². The van der Waals surface area contributed by atoms with Crippen molar-refractivity contribution >= 4 is 11.6 Å². The maximum Gasteiger partial charge on any atom is 0.253 e. The predicted molar refractivity (Wildman–Crippen MR) is 93.3 cm³/mol. The summed E-state index contributed by atoms with van der Waals surface area (Å²) < 4.78 is 12.2. The first-order valence-corrected chi connectivity index (χ1v) is 8.19. The van der Waals surface area contributed by atoms with Crippen molar-refractivity contribution in [3.63, 3.8) is 0 Å². The second-order valence-electron chi connectivity index (χ2n) is 5.84. The van der Waals surface area contributed by atoms with Crippen LogP contribution in [0.4, 0.5) is 5.69 Å². The second kappa shape index (κ2) is 7.38. The van der Waals surface area contributed by atoms with Crippen LogP contribution in [0.25, 0.3) is 0 Å². The number of benzene rings is 1. The first-order valence-electron chi connectivity index (χ1n) is 8.19. The number of carbonyl (C=O) groups excluding carboxylic acids is 1. The fourth-order valence-electron chi connectivity index (χ4n) is 3.09. The van der Waals surface area contributed by atoms with Crippen molar-refractivity contribution in [3.8, 4) is 11.5 Å². The lowest BCUT2D eigenvalue weighted by Crippen LogP contribution is -2.36. The molecule has 0 bridgehead atoms. The molecule has 132 valence electrons. The van der Waals surface area contributed by atoms with Crippen LogP contribution in [0.2, 0.25) is 0 Å². The van der Waals surface area contributed by atoms with Gasteiger partial charge in [0.15, 0.2) is 0 Å². The fraction of sp³-hybridized carbons (Fsp3) is 0.389. The molecule has 0 saturated carbocycles. The summed E-state index contributed by atoms with van der Waals surface area (Å²) in [6.45, 7) is 0.947. The van der Waals surface area contributed by atoms with Crippen molar-refractivity contribution in [2.45, 2.75) is 25.8 Å². The molecule has 1 amide bonds. The Labute approximate surface area is 145 Å². The third kappa shape index (κ3) is 3.50. The average Bonchev–Trinajstić information content (AvgIpc) is 2.65. The second-order valence-corrected chi connectivity index (χ2v) is 5.84. The summed E-state index contributed by atoms with van der Waals surface area (Å²) in [5.74, 6) is 1.35. The van der Waals surface area contributed by atoms with Gasteiger partial charge in [-0.3, -0.25) is 14.2 Å². The van der Waals surface area contributed by atoms with E-state index in [1.165, 1.54) is 23.2 Å². The molecule has 2 heterocycles. The number of aryl methyl sites for hydroxylation is 1. The number of hydrogen-bond donors (Lipinski definition) is 0. The number of anilines is 1. The lowest BCUT2D eigenvalue weighted by atomic mass is 9.99. The quantitative estimate of drug-likeness (QED) is 0.825. The van der Waals surface area contributed by atoms with Crippen LogP contribution < -0.4 is 19.9 Å². The van der Waals surface area contributed by atoms with Gasteiger partial charge in [-0.05, 0) is 12.8 Å². The highest BCUT2D eigenvalue weighted by Crippen LogP contribution is 2.38. The summed E-state index contributed by atoms with van der Waals surface area (Å²) >= 11 is 0.